The molecule has 5 nitrogen and oxygen atoms in total. The van der Waals surface area contributed by atoms with E-state index in [9.17, 15) is 13.2 Å². The highest BCUT2D eigenvalue weighted by atomic mass is 32.2. The van der Waals surface area contributed by atoms with Crippen molar-refractivity contribution in [2.24, 2.45) is 0 Å². The molecule has 2 aromatic rings. The molecule has 25 heavy (non-hydrogen) atoms. The van der Waals surface area contributed by atoms with E-state index in [2.05, 4.69) is 17.0 Å². The Labute approximate surface area is 148 Å². The van der Waals surface area contributed by atoms with Crippen molar-refractivity contribution in [2.75, 3.05) is 37.3 Å². The summed E-state index contributed by atoms with van der Waals surface area (Å²) in [6.45, 7) is 2.97. The van der Waals surface area contributed by atoms with Gasteiger partial charge in [0, 0.05) is 43.7 Å². The van der Waals surface area contributed by atoms with Crippen LogP contribution in [0.1, 0.15) is 15.9 Å². The molecule has 2 aromatic carbocycles. The van der Waals surface area contributed by atoms with Crippen LogP contribution < -0.4 is 4.90 Å². The molecule has 0 saturated carbocycles. The van der Waals surface area contributed by atoms with Gasteiger partial charge in [0.2, 0.25) is 0 Å². The molecule has 1 heterocycles. The molecule has 132 valence electrons. The number of sulfone groups is 1. The number of piperazine rings is 1. The number of carbonyl (C=O) groups is 1. The van der Waals surface area contributed by atoms with Crippen molar-refractivity contribution >= 4 is 21.4 Å². The van der Waals surface area contributed by atoms with E-state index in [4.69, 9.17) is 0 Å². The van der Waals surface area contributed by atoms with Crippen molar-refractivity contribution in [2.45, 2.75) is 5.75 Å². The van der Waals surface area contributed by atoms with E-state index < -0.39 is 9.84 Å². The smallest absolute Gasteiger partial charge is 0.253 e. The normalized spacial score (nSPS) is 15.2. The first kappa shape index (κ1) is 17.5. The van der Waals surface area contributed by atoms with Gasteiger partial charge in [-0.1, -0.05) is 30.3 Å². The van der Waals surface area contributed by atoms with Gasteiger partial charge in [-0.05, 0) is 29.8 Å². The molecular weight excluding hydrogens is 336 g/mol. The first-order chi connectivity index (χ1) is 11.9. The van der Waals surface area contributed by atoms with Gasteiger partial charge in [0.05, 0.1) is 5.75 Å². The summed E-state index contributed by atoms with van der Waals surface area (Å²) in [5.41, 5.74) is 2.48. The molecule has 0 aliphatic carbocycles. The lowest BCUT2D eigenvalue weighted by atomic mass is 10.1. The SMILES string of the molecule is CS(=O)(=O)Cc1ccc(C(=O)N2CCN(c3ccccc3)CC2)cc1. The third-order valence-corrected chi connectivity index (χ3v) is 5.18. The highest BCUT2D eigenvalue weighted by Gasteiger charge is 2.22. The van der Waals surface area contributed by atoms with E-state index in [1.54, 1.807) is 24.3 Å². The van der Waals surface area contributed by atoms with Crippen molar-refractivity contribution in [1.29, 1.82) is 0 Å². The van der Waals surface area contributed by atoms with Crippen molar-refractivity contribution in [3.8, 4) is 0 Å². The van der Waals surface area contributed by atoms with Gasteiger partial charge in [-0.15, -0.1) is 0 Å². The molecule has 1 fully saturated rings. The number of para-hydroxylation sites is 1. The molecule has 3 rings (SSSR count). The quantitative estimate of drug-likeness (QED) is 0.841. The fourth-order valence-corrected chi connectivity index (χ4v) is 3.83. The second-order valence-corrected chi connectivity index (χ2v) is 8.52. The second kappa shape index (κ2) is 7.27. The second-order valence-electron chi connectivity index (χ2n) is 6.38. The van der Waals surface area contributed by atoms with Gasteiger partial charge in [0.15, 0.2) is 9.84 Å². The summed E-state index contributed by atoms with van der Waals surface area (Å²) in [7, 11) is -3.06. The van der Waals surface area contributed by atoms with Crippen LogP contribution in [0.15, 0.2) is 54.6 Å². The molecule has 0 atom stereocenters. The Morgan fingerprint density at radius 3 is 2.08 bits per heavy atom. The third-order valence-electron chi connectivity index (χ3n) is 4.32. The summed E-state index contributed by atoms with van der Waals surface area (Å²) in [4.78, 5) is 16.8. The molecule has 0 aromatic heterocycles. The summed E-state index contributed by atoms with van der Waals surface area (Å²) in [5, 5.41) is 0. The minimum atomic E-state index is -3.06. The van der Waals surface area contributed by atoms with Crippen molar-refractivity contribution in [1.82, 2.24) is 4.90 Å². The lowest BCUT2D eigenvalue weighted by Gasteiger charge is -2.36. The van der Waals surface area contributed by atoms with Crippen LogP contribution in [0.3, 0.4) is 0 Å². The molecule has 0 N–H and O–H groups in total. The largest absolute Gasteiger partial charge is 0.368 e. The standard InChI is InChI=1S/C19H22N2O3S/c1-25(23,24)15-16-7-9-17(10-8-16)19(22)21-13-11-20(12-14-21)18-5-3-2-4-6-18/h2-10H,11-15H2,1H3. The van der Waals surface area contributed by atoms with Crippen LogP contribution in [0.5, 0.6) is 0 Å². The van der Waals surface area contributed by atoms with Crippen molar-refractivity contribution in [3.05, 3.63) is 65.7 Å². The summed E-state index contributed by atoms with van der Waals surface area (Å²) in [6, 6.07) is 17.1. The third kappa shape index (κ3) is 4.60. The van der Waals surface area contributed by atoms with Gasteiger partial charge in [-0.3, -0.25) is 4.79 Å². The van der Waals surface area contributed by atoms with Gasteiger partial charge in [-0.2, -0.15) is 0 Å². The molecule has 1 aliphatic heterocycles. The highest BCUT2D eigenvalue weighted by molar-refractivity contribution is 7.89. The topological polar surface area (TPSA) is 57.7 Å². The zero-order valence-corrected chi connectivity index (χ0v) is 15.1. The van der Waals surface area contributed by atoms with Gasteiger partial charge in [0.25, 0.3) is 5.91 Å². The average Bonchev–Trinajstić information content (AvgIpc) is 2.61. The molecule has 0 radical (unpaired) electrons. The predicted molar refractivity (Wildman–Crippen MR) is 99.5 cm³/mol. The van der Waals surface area contributed by atoms with E-state index >= 15 is 0 Å². The number of rotatable bonds is 4. The Kier molecular flexibility index (Phi) is 5.08. The summed E-state index contributed by atoms with van der Waals surface area (Å²) in [6.07, 6.45) is 1.21. The number of amides is 1. The van der Waals surface area contributed by atoms with Crippen LogP contribution in [-0.4, -0.2) is 51.7 Å². The molecule has 0 spiro atoms. The Balaban J connectivity index is 1.61. The van der Waals surface area contributed by atoms with Crippen molar-refractivity contribution < 1.29 is 13.2 Å². The highest BCUT2D eigenvalue weighted by Crippen LogP contribution is 2.17. The molecule has 6 heteroatoms. The molecule has 1 amide bonds. The van der Waals surface area contributed by atoms with Gasteiger partial charge < -0.3 is 9.80 Å². The summed E-state index contributed by atoms with van der Waals surface area (Å²) >= 11 is 0. The molecule has 0 bridgehead atoms. The number of anilines is 1. The van der Waals surface area contributed by atoms with Crippen LogP contribution in [0.2, 0.25) is 0 Å². The first-order valence-electron chi connectivity index (χ1n) is 8.28. The average molecular weight is 358 g/mol. The summed E-state index contributed by atoms with van der Waals surface area (Å²) < 4.78 is 22.7. The first-order valence-corrected chi connectivity index (χ1v) is 10.3. The zero-order chi connectivity index (χ0) is 17.9. The fraction of sp³-hybridized carbons (Fsp3) is 0.316. The van der Waals surface area contributed by atoms with E-state index in [1.807, 2.05) is 23.1 Å². The monoisotopic (exact) mass is 358 g/mol. The number of nitrogens with zero attached hydrogens (tertiary/aromatic N) is 2. The molecule has 1 saturated heterocycles. The maximum absolute atomic E-state index is 12.6. The van der Waals surface area contributed by atoms with E-state index in [0.29, 0.717) is 24.2 Å². The molecular formula is C19H22N2O3S. The molecule has 0 unspecified atom stereocenters. The number of benzene rings is 2. The minimum absolute atomic E-state index is 0.00128. The zero-order valence-electron chi connectivity index (χ0n) is 14.3. The number of carbonyl (C=O) groups excluding carboxylic acids is 1. The maximum Gasteiger partial charge on any atom is 0.253 e. The minimum Gasteiger partial charge on any atom is -0.368 e. The lowest BCUT2D eigenvalue weighted by molar-refractivity contribution is 0.0747. The van der Waals surface area contributed by atoms with E-state index in [-0.39, 0.29) is 11.7 Å². The van der Waals surface area contributed by atoms with Gasteiger partial charge >= 0.3 is 0 Å². The predicted octanol–water partition coefficient (Wildman–Crippen LogP) is 2.19. The fourth-order valence-electron chi connectivity index (χ4n) is 3.04. The number of hydrogen-bond acceptors (Lipinski definition) is 4. The van der Waals surface area contributed by atoms with Crippen LogP contribution >= 0.6 is 0 Å². The van der Waals surface area contributed by atoms with Crippen LogP contribution in [0.4, 0.5) is 5.69 Å². The Morgan fingerprint density at radius 1 is 0.920 bits per heavy atom. The van der Waals surface area contributed by atoms with Gasteiger partial charge in [0.1, 0.15) is 0 Å². The Morgan fingerprint density at radius 2 is 1.52 bits per heavy atom. The van der Waals surface area contributed by atoms with E-state index in [0.717, 1.165) is 13.1 Å². The summed E-state index contributed by atoms with van der Waals surface area (Å²) in [5.74, 6) is -0.00404. The maximum atomic E-state index is 12.6. The van der Waals surface area contributed by atoms with Crippen LogP contribution in [-0.2, 0) is 15.6 Å². The van der Waals surface area contributed by atoms with Gasteiger partial charge in [-0.25, -0.2) is 8.42 Å². The van der Waals surface area contributed by atoms with Crippen molar-refractivity contribution in [3.63, 3.8) is 0 Å². The van der Waals surface area contributed by atoms with Crippen LogP contribution in [0, 0.1) is 0 Å². The van der Waals surface area contributed by atoms with E-state index in [1.165, 1.54) is 11.9 Å². The lowest BCUT2D eigenvalue weighted by Crippen LogP contribution is -2.48. The molecule has 1 aliphatic rings. The van der Waals surface area contributed by atoms with Crippen LogP contribution in [0.25, 0.3) is 0 Å². The Bertz CT molecular complexity index is 825. The Hall–Kier alpha value is -2.34. The number of hydrogen-bond donors (Lipinski definition) is 0.